The normalized spacial score (nSPS) is 17.1. The molecule has 94 valence electrons. The van der Waals surface area contributed by atoms with Crippen LogP contribution in [0.2, 0.25) is 0 Å². The maximum Gasteiger partial charge on any atom is 0.326 e. The number of benzene rings is 1. The molecule has 1 fully saturated rings. The van der Waals surface area contributed by atoms with Crippen LogP contribution in [0.4, 0.5) is 4.79 Å². The van der Waals surface area contributed by atoms with E-state index in [1.807, 2.05) is 47.8 Å². The fourth-order valence-corrected chi connectivity index (χ4v) is 2.78. The van der Waals surface area contributed by atoms with Gasteiger partial charge < -0.3 is 5.32 Å². The average molecular weight is 270 g/mol. The van der Waals surface area contributed by atoms with Crippen LogP contribution >= 0.6 is 11.3 Å². The molecule has 4 nitrogen and oxygen atoms in total. The van der Waals surface area contributed by atoms with Crippen molar-refractivity contribution in [1.82, 2.24) is 10.6 Å². The second-order valence-electron chi connectivity index (χ2n) is 4.00. The fourth-order valence-electron chi connectivity index (χ4n) is 1.98. The molecule has 0 spiro atoms. The molecular formula is C14H10N2O2S. The van der Waals surface area contributed by atoms with E-state index in [0.717, 1.165) is 16.0 Å². The molecule has 1 aromatic carbocycles. The van der Waals surface area contributed by atoms with Gasteiger partial charge in [0.2, 0.25) is 0 Å². The first kappa shape index (κ1) is 11.7. The van der Waals surface area contributed by atoms with Crippen LogP contribution < -0.4 is 10.6 Å². The molecule has 1 aliphatic heterocycles. The van der Waals surface area contributed by atoms with Crippen molar-refractivity contribution >= 4 is 28.8 Å². The molecule has 2 N–H and O–H groups in total. The van der Waals surface area contributed by atoms with Crippen molar-refractivity contribution in [2.75, 3.05) is 0 Å². The Morgan fingerprint density at radius 1 is 0.947 bits per heavy atom. The number of rotatable bonds is 2. The Bertz CT molecular complexity index is 660. The third-order valence-electron chi connectivity index (χ3n) is 2.77. The maximum atomic E-state index is 11.8. The van der Waals surface area contributed by atoms with E-state index in [2.05, 4.69) is 10.6 Å². The van der Waals surface area contributed by atoms with E-state index >= 15 is 0 Å². The van der Waals surface area contributed by atoms with E-state index in [4.69, 9.17) is 0 Å². The lowest BCUT2D eigenvalue weighted by Gasteiger charge is -2.08. The quantitative estimate of drug-likeness (QED) is 0.650. The van der Waals surface area contributed by atoms with E-state index in [0.29, 0.717) is 5.70 Å². The van der Waals surface area contributed by atoms with Crippen molar-refractivity contribution in [3.05, 3.63) is 64.0 Å². The molecule has 5 heteroatoms. The summed E-state index contributed by atoms with van der Waals surface area (Å²) < 4.78 is 0. The Morgan fingerprint density at radius 2 is 1.74 bits per heavy atom. The third-order valence-corrected chi connectivity index (χ3v) is 3.66. The minimum Gasteiger partial charge on any atom is -0.302 e. The molecule has 1 saturated heterocycles. The molecule has 3 amide bonds. The van der Waals surface area contributed by atoms with E-state index in [-0.39, 0.29) is 0 Å². The zero-order valence-corrected chi connectivity index (χ0v) is 10.7. The molecule has 2 heterocycles. The molecule has 1 aliphatic rings. The largest absolute Gasteiger partial charge is 0.326 e. The third kappa shape index (κ3) is 2.15. The van der Waals surface area contributed by atoms with Crippen LogP contribution in [0.5, 0.6) is 0 Å². The Kier molecular flexibility index (Phi) is 2.89. The topological polar surface area (TPSA) is 58.2 Å². The summed E-state index contributed by atoms with van der Waals surface area (Å²) in [5.41, 5.74) is 1.95. The number of nitrogens with one attached hydrogen (secondary N) is 2. The molecule has 0 atom stereocenters. The summed E-state index contributed by atoms with van der Waals surface area (Å²) in [5, 5.41) is 6.75. The number of carbonyl (C=O) groups excluding carboxylic acids is 2. The van der Waals surface area contributed by atoms with Crippen LogP contribution in [0.1, 0.15) is 10.4 Å². The number of imide groups is 1. The molecule has 0 unspecified atom stereocenters. The number of urea groups is 1. The van der Waals surface area contributed by atoms with Gasteiger partial charge >= 0.3 is 6.03 Å². The zero-order valence-electron chi connectivity index (χ0n) is 9.84. The smallest absolute Gasteiger partial charge is 0.302 e. The lowest BCUT2D eigenvalue weighted by Crippen LogP contribution is -2.22. The summed E-state index contributed by atoms with van der Waals surface area (Å²) >= 11 is 1.53. The molecule has 0 bridgehead atoms. The van der Waals surface area contributed by atoms with Gasteiger partial charge in [-0.2, -0.15) is 0 Å². The first-order valence-corrected chi connectivity index (χ1v) is 6.59. The minimum absolute atomic E-state index is 0.304. The summed E-state index contributed by atoms with van der Waals surface area (Å²) in [6, 6.07) is 12.9. The minimum atomic E-state index is -0.481. The monoisotopic (exact) mass is 270 g/mol. The number of amides is 3. The van der Waals surface area contributed by atoms with Crippen LogP contribution in [-0.4, -0.2) is 11.9 Å². The van der Waals surface area contributed by atoms with Gasteiger partial charge in [-0.05, 0) is 17.0 Å². The van der Waals surface area contributed by atoms with Crippen LogP contribution in [-0.2, 0) is 4.79 Å². The summed E-state index contributed by atoms with van der Waals surface area (Å²) in [7, 11) is 0. The van der Waals surface area contributed by atoms with Gasteiger partial charge in [0.05, 0.1) is 0 Å². The highest BCUT2D eigenvalue weighted by molar-refractivity contribution is 7.11. The molecule has 0 saturated carbocycles. The second kappa shape index (κ2) is 4.70. The van der Waals surface area contributed by atoms with Gasteiger partial charge in [-0.15, -0.1) is 11.3 Å². The van der Waals surface area contributed by atoms with Gasteiger partial charge in [0.1, 0.15) is 5.70 Å². The lowest BCUT2D eigenvalue weighted by atomic mass is 10.0. The summed E-state index contributed by atoms with van der Waals surface area (Å²) in [5.74, 6) is -0.391. The van der Waals surface area contributed by atoms with Gasteiger partial charge in [-0.25, -0.2) is 4.79 Å². The van der Waals surface area contributed by atoms with Crippen molar-refractivity contribution in [2.24, 2.45) is 0 Å². The second-order valence-corrected chi connectivity index (χ2v) is 4.95. The highest BCUT2D eigenvalue weighted by Gasteiger charge is 2.28. The van der Waals surface area contributed by atoms with Crippen molar-refractivity contribution in [1.29, 1.82) is 0 Å². The van der Waals surface area contributed by atoms with Crippen molar-refractivity contribution < 1.29 is 9.59 Å². The Morgan fingerprint density at radius 3 is 2.32 bits per heavy atom. The molecule has 2 aromatic rings. The Labute approximate surface area is 113 Å². The highest BCUT2D eigenvalue weighted by Crippen LogP contribution is 2.30. The van der Waals surface area contributed by atoms with E-state index in [1.54, 1.807) is 0 Å². The predicted molar refractivity (Wildman–Crippen MR) is 73.5 cm³/mol. The number of hydrogen-bond donors (Lipinski definition) is 2. The van der Waals surface area contributed by atoms with Gasteiger partial charge in [-0.1, -0.05) is 36.4 Å². The molecule has 1 aromatic heterocycles. The van der Waals surface area contributed by atoms with E-state index in [1.165, 1.54) is 11.3 Å². The fraction of sp³-hybridized carbons (Fsp3) is 0. The van der Waals surface area contributed by atoms with Crippen molar-refractivity contribution in [3.63, 3.8) is 0 Å². The molecule has 19 heavy (non-hydrogen) atoms. The molecule has 3 rings (SSSR count). The molecule has 0 radical (unpaired) electrons. The SMILES string of the molecule is O=C1NC(=O)/C(=C(/c2ccccc2)c2cccs2)N1. The zero-order chi connectivity index (χ0) is 13.2. The molecule has 0 aliphatic carbocycles. The standard InChI is InChI=1S/C14H10N2O2S/c17-13-12(15-14(18)16-13)11(10-7-4-8-19-10)9-5-2-1-3-6-9/h1-8H,(H2,15,16,17,18)/b12-11+. The van der Waals surface area contributed by atoms with Gasteiger partial charge in [0, 0.05) is 10.5 Å². The van der Waals surface area contributed by atoms with Crippen LogP contribution in [0, 0.1) is 0 Å². The van der Waals surface area contributed by atoms with Crippen molar-refractivity contribution in [2.45, 2.75) is 0 Å². The van der Waals surface area contributed by atoms with Crippen LogP contribution in [0.25, 0.3) is 5.57 Å². The van der Waals surface area contributed by atoms with Gasteiger partial charge in [-0.3, -0.25) is 10.1 Å². The van der Waals surface area contributed by atoms with E-state index < -0.39 is 11.9 Å². The number of carbonyl (C=O) groups is 2. The highest BCUT2D eigenvalue weighted by atomic mass is 32.1. The Hall–Kier alpha value is -2.40. The summed E-state index contributed by atoms with van der Waals surface area (Å²) in [4.78, 5) is 24.1. The average Bonchev–Trinajstić information content (AvgIpc) is 3.03. The first-order valence-electron chi connectivity index (χ1n) is 5.71. The maximum absolute atomic E-state index is 11.8. The summed E-state index contributed by atoms with van der Waals surface area (Å²) in [6.45, 7) is 0. The first-order chi connectivity index (χ1) is 9.25. The van der Waals surface area contributed by atoms with Crippen LogP contribution in [0.3, 0.4) is 0 Å². The number of thiophene rings is 1. The van der Waals surface area contributed by atoms with Gasteiger partial charge in [0.25, 0.3) is 5.91 Å². The Balaban J connectivity index is 2.21. The molecular weight excluding hydrogens is 260 g/mol. The van der Waals surface area contributed by atoms with Gasteiger partial charge in [0.15, 0.2) is 0 Å². The number of hydrogen-bond acceptors (Lipinski definition) is 3. The van der Waals surface area contributed by atoms with Crippen molar-refractivity contribution in [3.8, 4) is 0 Å². The summed E-state index contributed by atoms with van der Waals surface area (Å²) in [6.07, 6.45) is 0. The lowest BCUT2D eigenvalue weighted by molar-refractivity contribution is -0.115. The predicted octanol–water partition coefficient (Wildman–Crippen LogP) is 2.35. The van der Waals surface area contributed by atoms with E-state index in [9.17, 15) is 9.59 Å². The van der Waals surface area contributed by atoms with Crippen LogP contribution in [0.15, 0.2) is 53.5 Å².